The van der Waals surface area contributed by atoms with Crippen LogP contribution in [0.2, 0.25) is 0 Å². The molecule has 0 N–H and O–H groups in total. The van der Waals surface area contributed by atoms with Crippen molar-refractivity contribution in [3.63, 3.8) is 0 Å². The lowest BCUT2D eigenvalue weighted by Gasteiger charge is -2.38. The summed E-state index contributed by atoms with van der Waals surface area (Å²) in [4.78, 5) is 28.0. The van der Waals surface area contributed by atoms with Gasteiger partial charge in [-0.3, -0.25) is 0 Å². The highest BCUT2D eigenvalue weighted by atomic mass is 16.5. The number of hydrogen-bond acceptors (Lipinski definition) is 6. The summed E-state index contributed by atoms with van der Waals surface area (Å²) in [6.45, 7) is 1.79. The zero-order chi connectivity index (χ0) is 16.4. The molecule has 0 radical (unpaired) electrons. The lowest BCUT2D eigenvalue weighted by Crippen LogP contribution is -2.46. The number of rotatable bonds is 2. The predicted octanol–water partition coefficient (Wildman–Crippen LogP) is 0.985. The van der Waals surface area contributed by atoms with Crippen molar-refractivity contribution < 1.29 is 19.1 Å². The van der Waals surface area contributed by atoms with Crippen molar-refractivity contribution in [3.05, 3.63) is 47.9 Å². The highest BCUT2D eigenvalue weighted by molar-refractivity contribution is 5.92. The molecule has 6 heteroatoms. The minimum atomic E-state index is -0.347. The number of fused-ring (bicyclic) bond motifs is 3. The Hall–Kier alpha value is -2.50. The zero-order valence-corrected chi connectivity index (χ0v) is 13.3. The van der Waals surface area contributed by atoms with Gasteiger partial charge in [0.1, 0.15) is 0 Å². The van der Waals surface area contributed by atoms with Gasteiger partial charge in [-0.2, -0.15) is 0 Å². The van der Waals surface area contributed by atoms with Crippen molar-refractivity contribution in [1.82, 2.24) is 9.80 Å². The summed E-state index contributed by atoms with van der Waals surface area (Å²) in [5.74, 6) is -0.694. The first-order valence-corrected chi connectivity index (χ1v) is 7.62. The zero-order valence-electron chi connectivity index (χ0n) is 13.3. The lowest BCUT2D eigenvalue weighted by atomic mass is 9.96. The van der Waals surface area contributed by atoms with Crippen molar-refractivity contribution >= 4 is 11.9 Å². The van der Waals surface area contributed by atoms with E-state index < -0.39 is 0 Å². The van der Waals surface area contributed by atoms with Crippen molar-refractivity contribution in [3.8, 4) is 0 Å². The maximum absolute atomic E-state index is 11.8. The molecule has 1 saturated heterocycles. The van der Waals surface area contributed by atoms with Crippen LogP contribution in [-0.4, -0.2) is 61.1 Å². The molecule has 2 atom stereocenters. The van der Waals surface area contributed by atoms with Gasteiger partial charge in [-0.1, -0.05) is 0 Å². The van der Waals surface area contributed by atoms with Gasteiger partial charge in [0.2, 0.25) is 0 Å². The van der Waals surface area contributed by atoms with E-state index >= 15 is 0 Å². The number of hydrogen-bond donors (Lipinski definition) is 0. The first kappa shape index (κ1) is 15.4. The van der Waals surface area contributed by atoms with Crippen molar-refractivity contribution in [2.75, 3.05) is 27.3 Å². The number of esters is 2. The predicted molar refractivity (Wildman–Crippen MR) is 84.1 cm³/mol. The topological polar surface area (TPSA) is 59.1 Å². The fraction of sp³-hybridized carbons (Fsp3) is 0.412. The molecular weight excluding hydrogens is 296 g/mol. The molecule has 3 heterocycles. The Labute approximate surface area is 135 Å². The monoisotopic (exact) mass is 316 g/mol. The van der Waals surface area contributed by atoms with Crippen molar-refractivity contribution in [2.24, 2.45) is 0 Å². The van der Waals surface area contributed by atoms with Crippen LogP contribution in [0.15, 0.2) is 47.9 Å². The minimum absolute atomic E-state index is 0.0267. The number of ether oxygens (including phenoxy) is 2. The quantitative estimate of drug-likeness (QED) is 0.708. The molecule has 0 aliphatic carbocycles. The molecule has 0 saturated carbocycles. The fourth-order valence-electron chi connectivity index (χ4n) is 3.20. The molecule has 1 fully saturated rings. The normalized spacial score (nSPS) is 25.7. The Balaban J connectivity index is 1.95. The number of methoxy groups -OCH3 is 2. The molecule has 0 unspecified atom stereocenters. The molecule has 3 aliphatic heterocycles. The summed E-state index contributed by atoms with van der Waals surface area (Å²) in [7, 11) is 2.75. The van der Waals surface area contributed by atoms with E-state index in [4.69, 9.17) is 9.47 Å². The largest absolute Gasteiger partial charge is 0.465 e. The fourth-order valence-corrected chi connectivity index (χ4v) is 3.20. The second-order valence-electron chi connectivity index (χ2n) is 5.67. The van der Waals surface area contributed by atoms with Gasteiger partial charge in [0, 0.05) is 25.5 Å². The van der Waals surface area contributed by atoms with Crippen LogP contribution in [0.5, 0.6) is 0 Å². The van der Waals surface area contributed by atoms with Crippen LogP contribution in [0.3, 0.4) is 0 Å². The summed E-state index contributed by atoms with van der Waals surface area (Å²) in [6.07, 6.45) is 12.3. The molecule has 3 rings (SSSR count). The van der Waals surface area contributed by atoms with Gasteiger partial charge in [-0.25, -0.2) is 9.59 Å². The standard InChI is InChI=1S/C17H20N2O4/c1-22-16(20)12-4-8-18-6-3-7-19-9-5-13(17(21)23-2)11-15(19)14(18)10-12/h4-5,8-11,14-15H,3,6-7H2,1-2H3/t14-,15+. The molecule has 0 aromatic heterocycles. The molecule has 0 amide bonds. The van der Waals surface area contributed by atoms with E-state index in [2.05, 4.69) is 9.80 Å². The van der Waals surface area contributed by atoms with Crippen molar-refractivity contribution in [2.45, 2.75) is 18.5 Å². The van der Waals surface area contributed by atoms with Crippen LogP contribution in [0.4, 0.5) is 0 Å². The third kappa shape index (κ3) is 2.88. The van der Waals surface area contributed by atoms with E-state index in [0.29, 0.717) is 11.1 Å². The second kappa shape index (κ2) is 6.32. The molecule has 3 aliphatic rings. The van der Waals surface area contributed by atoms with Gasteiger partial charge in [0.25, 0.3) is 0 Å². The van der Waals surface area contributed by atoms with Crippen LogP contribution in [0.25, 0.3) is 0 Å². The van der Waals surface area contributed by atoms with Crippen molar-refractivity contribution in [1.29, 1.82) is 0 Å². The maximum atomic E-state index is 11.8. The molecule has 0 aromatic carbocycles. The minimum Gasteiger partial charge on any atom is -0.465 e. The van der Waals surface area contributed by atoms with Crippen LogP contribution in [-0.2, 0) is 19.1 Å². The summed E-state index contributed by atoms with van der Waals surface area (Å²) >= 11 is 0. The van der Waals surface area contributed by atoms with Gasteiger partial charge < -0.3 is 19.3 Å². The second-order valence-corrected chi connectivity index (χ2v) is 5.67. The van der Waals surface area contributed by atoms with Crippen LogP contribution < -0.4 is 0 Å². The summed E-state index contributed by atoms with van der Waals surface area (Å²) in [6, 6.07) is -0.0533. The average Bonchev–Trinajstić information content (AvgIpc) is 2.78. The third-order valence-electron chi connectivity index (χ3n) is 4.38. The van der Waals surface area contributed by atoms with E-state index in [-0.39, 0.29) is 24.0 Å². The average molecular weight is 316 g/mol. The summed E-state index contributed by atoms with van der Waals surface area (Å²) in [5.41, 5.74) is 1.08. The Morgan fingerprint density at radius 2 is 1.35 bits per heavy atom. The first-order chi connectivity index (χ1) is 11.1. The van der Waals surface area contributed by atoms with E-state index in [1.54, 1.807) is 12.2 Å². The van der Waals surface area contributed by atoms with Gasteiger partial charge in [-0.15, -0.1) is 0 Å². The Morgan fingerprint density at radius 3 is 1.74 bits per heavy atom. The van der Waals surface area contributed by atoms with Crippen LogP contribution in [0.1, 0.15) is 6.42 Å². The number of carbonyl (C=O) groups excluding carboxylic acids is 2. The number of nitrogens with zero attached hydrogens (tertiary/aromatic N) is 2. The molecule has 0 bridgehead atoms. The van der Waals surface area contributed by atoms with E-state index in [1.165, 1.54) is 14.2 Å². The lowest BCUT2D eigenvalue weighted by molar-refractivity contribution is -0.136. The summed E-state index contributed by atoms with van der Waals surface area (Å²) in [5, 5.41) is 0. The Morgan fingerprint density at radius 1 is 0.913 bits per heavy atom. The maximum Gasteiger partial charge on any atom is 0.337 e. The molecular formula is C17H20N2O4. The molecule has 0 aromatic rings. The third-order valence-corrected chi connectivity index (χ3v) is 4.38. The van der Waals surface area contributed by atoms with Gasteiger partial charge in [0.15, 0.2) is 0 Å². The molecule has 0 spiro atoms. The van der Waals surface area contributed by atoms with Gasteiger partial charge in [-0.05, 0) is 30.7 Å². The molecule has 122 valence electrons. The van der Waals surface area contributed by atoms with E-state index in [0.717, 1.165) is 19.5 Å². The van der Waals surface area contributed by atoms with Gasteiger partial charge >= 0.3 is 11.9 Å². The highest BCUT2D eigenvalue weighted by Gasteiger charge is 2.34. The number of carbonyl (C=O) groups is 2. The SMILES string of the molecule is COC(=O)C1=C[C@@H]2[C@@H]3C=C(C(=O)OC)C=CN3CCCN2C=C1. The Bertz CT molecular complexity index is 579. The van der Waals surface area contributed by atoms with E-state index in [9.17, 15) is 9.59 Å². The van der Waals surface area contributed by atoms with Gasteiger partial charge in [0.05, 0.1) is 37.4 Å². The first-order valence-electron chi connectivity index (χ1n) is 7.62. The highest BCUT2D eigenvalue weighted by Crippen LogP contribution is 2.28. The smallest absolute Gasteiger partial charge is 0.337 e. The summed E-state index contributed by atoms with van der Waals surface area (Å²) < 4.78 is 9.64. The van der Waals surface area contributed by atoms with E-state index in [1.807, 2.05) is 24.6 Å². The molecule has 23 heavy (non-hydrogen) atoms. The van der Waals surface area contributed by atoms with Crippen LogP contribution >= 0.6 is 0 Å². The Kier molecular flexibility index (Phi) is 4.23. The van der Waals surface area contributed by atoms with Crippen LogP contribution in [0, 0.1) is 0 Å². The molecule has 6 nitrogen and oxygen atoms in total.